The van der Waals surface area contributed by atoms with Gasteiger partial charge in [-0.3, -0.25) is 4.79 Å². The lowest BCUT2D eigenvalue weighted by Crippen LogP contribution is -2.10. The summed E-state index contributed by atoms with van der Waals surface area (Å²) >= 11 is 0. The van der Waals surface area contributed by atoms with Crippen LogP contribution in [0.15, 0.2) is 30.5 Å². The average Bonchev–Trinajstić information content (AvgIpc) is 2.46. The number of carbonyl (C=O) groups is 1. The predicted octanol–water partition coefficient (Wildman–Crippen LogP) is 2.41. The topological polar surface area (TPSA) is 74.4 Å². The van der Waals surface area contributed by atoms with Crippen LogP contribution in [0.2, 0.25) is 0 Å². The molecule has 0 spiro atoms. The number of nitrogens with zero attached hydrogens (tertiary/aromatic N) is 1. The molecule has 0 unspecified atom stereocenters. The Bertz CT molecular complexity index is 648. The van der Waals surface area contributed by atoms with Gasteiger partial charge in [-0.1, -0.05) is 6.07 Å². The number of aryl methyl sites for hydroxylation is 1. The van der Waals surface area contributed by atoms with Crippen LogP contribution in [0.5, 0.6) is 11.5 Å². The zero-order chi connectivity index (χ0) is 15.4. The lowest BCUT2D eigenvalue weighted by molar-refractivity contribution is 0.0993. The van der Waals surface area contributed by atoms with Crippen molar-refractivity contribution in [3.05, 3.63) is 47.2 Å². The largest absolute Gasteiger partial charge is 0.493 e. The molecule has 0 radical (unpaired) electrons. The van der Waals surface area contributed by atoms with Crippen LogP contribution in [-0.2, 0) is 6.42 Å². The quantitative estimate of drug-likeness (QED) is 0.854. The number of ketones is 1. The van der Waals surface area contributed by atoms with Crippen molar-refractivity contribution in [2.24, 2.45) is 0 Å². The van der Waals surface area contributed by atoms with E-state index in [0.717, 1.165) is 11.1 Å². The van der Waals surface area contributed by atoms with Gasteiger partial charge in [0.2, 0.25) is 0 Å². The molecule has 0 saturated heterocycles. The molecule has 0 saturated carbocycles. The van der Waals surface area contributed by atoms with E-state index >= 15 is 0 Å². The van der Waals surface area contributed by atoms with Crippen molar-refractivity contribution in [1.29, 1.82) is 0 Å². The Morgan fingerprint density at radius 2 is 1.90 bits per heavy atom. The zero-order valence-corrected chi connectivity index (χ0v) is 12.3. The molecule has 2 N–H and O–H groups in total. The highest BCUT2D eigenvalue weighted by atomic mass is 16.5. The van der Waals surface area contributed by atoms with E-state index in [4.69, 9.17) is 15.2 Å². The van der Waals surface area contributed by atoms with Gasteiger partial charge in [0.05, 0.1) is 19.8 Å². The first kappa shape index (κ1) is 14.8. The summed E-state index contributed by atoms with van der Waals surface area (Å²) in [7, 11) is 3.13. The number of pyridine rings is 1. The molecule has 1 aromatic heterocycles. The number of rotatable bonds is 5. The first-order valence-corrected chi connectivity index (χ1v) is 6.52. The summed E-state index contributed by atoms with van der Waals surface area (Å²) in [5.41, 5.74) is 7.94. The van der Waals surface area contributed by atoms with Gasteiger partial charge in [-0.25, -0.2) is 4.98 Å². The van der Waals surface area contributed by atoms with Gasteiger partial charge >= 0.3 is 0 Å². The number of nitrogens with two attached hydrogens (primary N) is 1. The fraction of sp³-hybridized carbons (Fsp3) is 0.250. The molecule has 2 aromatic rings. The number of benzene rings is 1. The first-order valence-electron chi connectivity index (χ1n) is 6.52. The second kappa shape index (κ2) is 6.26. The normalized spacial score (nSPS) is 10.2. The molecule has 0 aliphatic rings. The lowest BCUT2D eigenvalue weighted by atomic mass is 10.00. The van der Waals surface area contributed by atoms with Gasteiger partial charge in [-0.15, -0.1) is 0 Å². The summed E-state index contributed by atoms with van der Waals surface area (Å²) in [5, 5.41) is 0. The minimum absolute atomic E-state index is 0.0645. The number of aromatic nitrogens is 1. The minimum atomic E-state index is -0.0645. The Hall–Kier alpha value is -2.56. The fourth-order valence-corrected chi connectivity index (χ4v) is 2.21. The van der Waals surface area contributed by atoms with Crippen molar-refractivity contribution in [3.63, 3.8) is 0 Å². The van der Waals surface area contributed by atoms with Crippen LogP contribution in [0, 0.1) is 6.92 Å². The highest BCUT2D eigenvalue weighted by molar-refractivity contribution is 6.02. The standard InChI is InChI=1S/C16H18N2O3/c1-10-6-7-18-16(17)15(10)12(19)8-11-4-5-13(20-2)14(9-11)21-3/h4-7,9H,8H2,1-3H3,(H2,17,18). The number of carbonyl (C=O) groups excluding carboxylic acids is 1. The van der Waals surface area contributed by atoms with Crippen LogP contribution in [0.25, 0.3) is 0 Å². The van der Waals surface area contributed by atoms with Crippen molar-refractivity contribution in [3.8, 4) is 11.5 Å². The molecule has 0 aliphatic carbocycles. The van der Waals surface area contributed by atoms with Crippen molar-refractivity contribution < 1.29 is 14.3 Å². The number of Topliss-reactive ketones (excluding diaryl/α,β-unsaturated/α-hetero) is 1. The number of hydrogen-bond donors (Lipinski definition) is 1. The van der Waals surface area contributed by atoms with E-state index in [1.807, 2.05) is 13.0 Å². The van der Waals surface area contributed by atoms with Gasteiger partial charge in [0.25, 0.3) is 0 Å². The van der Waals surface area contributed by atoms with Crippen LogP contribution in [0.3, 0.4) is 0 Å². The average molecular weight is 286 g/mol. The fourth-order valence-electron chi connectivity index (χ4n) is 2.21. The van der Waals surface area contributed by atoms with Gasteiger partial charge in [-0.2, -0.15) is 0 Å². The van der Waals surface area contributed by atoms with Gasteiger partial charge in [-0.05, 0) is 36.2 Å². The molecule has 5 heteroatoms. The van der Waals surface area contributed by atoms with Crippen LogP contribution >= 0.6 is 0 Å². The SMILES string of the molecule is COc1ccc(CC(=O)c2c(C)ccnc2N)cc1OC. The maximum atomic E-state index is 12.4. The van der Waals surface area contributed by atoms with Gasteiger partial charge in [0.1, 0.15) is 5.82 Å². The minimum Gasteiger partial charge on any atom is -0.493 e. The number of anilines is 1. The van der Waals surface area contributed by atoms with Crippen molar-refractivity contribution in [2.75, 3.05) is 20.0 Å². The number of ether oxygens (including phenoxy) is 2. The monoisotopic (exact) mass is 286 g/mol. The van der Waals surface area contributed by atoms with E-state index in [2.05, 4.69) is 4.98 Å². The molecule has 0 amide bonds. The number of nitrogen functional groups attached to an aromatic ring is 1. The van der Waals surface area contributed by atoms with Crippen molar-refractivity contribution in [2.45, 2.75) is 13.3 Å². The Balaban J connectivity index is 2.28. The predicted molar refractivity (Wildman–Crippen MR) is 81.0 cm³/mol. The third kappa shape index (κ3) is 3.13. The van der Waals surface area contributed by atoms with Gasteiger partial charge in [0.15, 0.2) is 17.3 Å². The molecule has 0 fully saturated rings. The van der Waals surface area contributed by atoms with Crippen molar-refractivity contribution in [1.82, 2.24) is 4.98 Å². The van der Waals surface area contributed by atoms with E-state index in [0.29, 0.717) is 17.1 Å². The smallest absolute Gasteiger partial charge is 0.171 e. The molecule has 0 atom stereocenters. The first-order chi connectivity index (χ1) is 10.1. The summed E-state index contributed by atoms with van der Waals surface area (Å²) in [5.74, 6) is 1.43. The molecule has 5 nitrogen and oxygen atoms in total. The van der Waals surface area contributed by atoms with E-state index < -0.39 is 0 Å². The summed E-state index contributed by atoms with van der Waals surface area (Å²) in [4.78, 5) is 16.4. The highest BCUT2D eigenvalue weighted by Crippen LogP contribution is 2.28. The van der Waals surface area contributed by atoms with E-state index in [1.54, 1.807) is 38.6 Å². The molecule has 110 valence electrons. The number of hydrogen-bond acceptors (Lipinski definition) is 5. The maximum Gasteiger partial charge on any atom is 0.171 e. The Morgan fingerprint density at radius 1 is 1.19 bits per heavy atom. The molecule has 1 heterocycles. The summed E-state index contributed by atoms with van der Waals surface area (Å²) in [6.07, 6.45) is 1.83. The molecular formula is C16H18N2O3. The summed E-state index contributed by atoms with van der Waals surface area (Å²) in [6.45, 7) is 1.85. The number of methoxy groups -OCH3 is 2. The highest BCUT2D eigenvalue weighted by Gasteiger charge is 2.15. The maximum absolute atomic E-state index is 12.4. The van der Waals surface area contributed by atoms with Crippen LogP contribution < -0.4 is 15.2 Å². The second-order valence-corrected chi connectivity index (χ2v) is 4.68. The van der Waals surface area contributed by atoms with E-state index in [-0.39, 0.29) is 18.0 Å². The second-order valence-electron chi connectivity index (χ2n) is 4.68. The van der Waals surface area contributed by atoms with Gasteiger partial charge < -0.3 is 15.2 Å². The third-order valence-electron chi connectivity index (χ3n) is 3.28. The van der Waals surface area contributed by atoms with E-state index in [1.165, 1.54) is 0 Å². The molecule has 21 heavy (non-hydrogen) atoms. The van der Waals surface area contributed by atoms with Crippen LogP contribution in [0.1, 0.15) is 21.5 Å². The summed E-state index contributed by atoms with van der Waals surface area (Å²) in [6, 6.07) is 7.18. The molecule has 1 aromatic carbocycles. The molecular weight excluding hydrogens is 268 g/mol. The summed E-state index contributed by atoms with van der Waals surface area (Å²) < 4.78 is 10.4. The van der Waals surface area contributed by atoms with Crippen molar-refractivity contribution >= 4 is 11.6 Å². The lowest BCUT2D eigenvalue weighted by Gasteiger charge is -2.10. The Kier molecular flexibility index (Phi) is 4.42. The molecule has 0 bridgehead atoms. The molecule has 2 rings (SSSR count). The van der Waals surface area contributed by atoms with Crippen LogP contribution in [0.4, 0.5) is 5.82 Å². The Labute approximate surface area is 123 Å². The zero-order valence-electron chi connectivity index (χ0n) is 12.3. The van der Waals surface area contributed by atoms with Crippen LogP contribution in [-0.4, -0.2) is 25.0 Å². The third-order valence-corrected chi connectivity index (χ3v) is 3.28. The van der Waals surface area contributed by atoms with E-state index in [9.17, 15) is 4.79 Å². The van der Waals surface area contributed by atoms with Gasteiger partial charge in [0, 0.05) is 12.6 Å². The Morgan fingerprint density at radius 3 is 2.52 bits per heavy atom. The molecule has 0 aliphatic heterocycles.